The molecule has 0 heterocycles. The molecule has 0 fully saturated rings. The number of amides is 1. The largest absolute Gasteiger partial charge is 0.416 e. The Morgan fingerprint density at radius 1 is 1.23 bits per heavy atom. The van der Waals surface area contributed by atoms with Crippen LogP contribution in [0.15, 0.2) is 53.6 Å². The van der Waals surface area contributed by atoms with Gasteiger partial charge in [0.15, 0.2) is 0 Å². The van der Waals surface area contributed by atoms with Crippen LogP contribution < -0.4 is 9.73 Å². The topological polar surface area (TPSA) is 122 Å². The fourth-order valence-corrected chi connectivity index (χ4v) is 3.15. The van der Waals surface area contributed by atoms with E-state index in [0.717, 1.165) is 30.7 Å². The Morgan fingerprint density at radius 2 is 1.90 bits per heavy atom. The second-order valence-electron chi connectivity index (χ2n) is 5.96. The van der Waals surface area contributed by atoms with Gasteiger partial charge in [-0.1, -0.05) is 18.2 Å². The molecule has 0 bridgehead atoms. The second kappa shape index (κ2) is 8.90. The summed E-state index contributed by atoms with van der Waals surface area (Å²) in [4.78, 5) is 22.2. The molecule has 2 rings (SSSR count). The Balaban J connectivity index is 2.15. The molecule has 0 spiro atoms. The zero-order valence-corrected chi connectivity index (χ0v) is 16.1. The second-order valence-corrected chi connectivity index (χ2v) is 7.87. The van der Waals surface area contributed by atoms with Gasteiger partial charge >= 0.3 is 6.18 Å². The number of carbonyl (C=O) groups excluding carboxylic acids is 1. The highest BCUT2D eigenvalue weighted by Gasteiger charge is 2.32. The highest BCUT2D eigenvalue weighted by atomic mass is 32.2. The number of nitro groups is 1. The number of hydrogen-bond donors (Lipinski definition) is 1. The van der Waals surface area contributed by atoms with Crippen LogP contribution in [0, 0.1) is 10.1 Å². The number of nitrogens with zero attached hydrogens (tertiary/aromatic N) is 3. The molecule has 0 radical (unpaired) electrons. The number of anilines is 1. The Kier molecular flexibility index (Phi) is 6.77. The van der Waals surface area contributed by atoms with Crippen molar-refractivity contribution in [3.05, 3.63) is 69.8 Å². The highest BCUT2D eigenvalue weighted by molar-refractivity contribution is 7.92. The summed E-state index contributed by atoms with van der Waals surface area (Å²) in [5.41, 5.74) is 0.713. The maximum atomic E-state index is 12.9. The van der Waals surface area contributed by atoms with Crippen LogP contribution >= 0.6 is 0 Å². The fourth-order valence-electron chi connectivity index (χ4n) is 2.30. The van der Waals surface area contributed by atoms with E-state index in [0.29, 0.717) is 15.9 Å². The van der Waals surface area contributed by atoms with E-state index in [2.05, 4.69) is 5.10 Å². The smallest absolute Gasteiger partial charge is 0.271 e. The average Bonchev–Trinajstić information content (AvgIpc) is 2.65. The first-order valence-electron chi connectivity index (χ1n) is 8.09. The first kappa shape index (κ1) is 22.8. The Bertz CT molecular complexity index is 1090. The molecule has 2 aromatic rings. The molecule has 2 aromatic carbocycles. The van der Waals surface area contributed by atoms with Crippen molar-refractivity contribution in [2.75, 3.05) is 17.1 Å². The van der Waals surface area contributed by atoms with E-state index in [4.69, 9.17) is 0 Å². The molecule has 0 atom stereocenters. The van der Waals surface area contributed by atoms with Gasteiger partial charge in [0.1, 0.15) is 6.54 Å². The fraction of sp³-hybridized carbons (Fsp3) is 0.176. The quantitative estimate of drug-likeness (QED) is 0.400. The third kappa shape index (κ3) is 6.27. The zero-order chi connectivity index (χ0) is 22.5. The van der Waals surface area contributed by atoms with Gasteiger partial charge in [0.2, 0.25) is 10.0 Å². The Morgan fingerprint density at radius 3 is 2.50 bits per heavy atom. The summed E-state index contributed by atoms with van der Waals surface area (Å²) in [6.45, 7) is -0.827. The van der Waals surface area contributed by atoms with Crippen LogP contribution in [0.25, 0.3) is 0 Å². The molecule has 0 saturated heterocycles. The van der Waals surface area contributed by atoms with Crippen molar-refractivity contribution in [3.8, 4) is 0 Å². The summed E-state index contributed by atoms with van der Waals surface area (Å²) in [5, 5.41) is 14.3. The molecular weight excluding hydrogens is 429 g/mol. The number of sulfonamides is 1. The lowest BCUT2D eigenvalue weighted by molar-refractivity contribution is -0.384. The first-order valence-corrected chi connectivity index (χ1v) is 9.94. The lowest BCUT2D eigenvalue weighted by atomic mass is 10.2. The van der Waals surface area contributed by atoms with Gasteiger partial charge in [-0.25, -0.2) is 13.8 Å². The van der Waals surface area contributed by atoms with Gasteiger partial charge in [-0.05, 0) is 18.2 Å². The van der Waals surface area contributed by atoms with Gasteiger partial charge in [-0.2, -0.15) is 18.3 Å². The molecule has 0 aliphatic carbocycles. The van der Waals surface area contributed by atoms with Crippen LogP contribution in [-0.4, -0.2) is 38.3 Å². The molecule has 0 aliphatic rings. The molecule has 0 unspecified atom stereocenters. The van der Waals surface area contributed by atoms with E-state index in [-0.39, 0.29) is 11.4 Å². The average molecular weight is 444 g/mol. The standard InChI is InChI=1S/C17H15F3N4O5S/c1-30(28,29)23(14-6-3-5-13(9-14)17(18,19)20)11-16(25)22-21-10-12-4-2-7-15(8-12)24(26)27/h2-10H,11H2,1H3,(H,22,25)/b21-10-. The van der Waals surface area contributed by atoms with E-state index in [1.54, 1.807) is 0 Å². The number of hydrazone groups is 1. The molecular formula is C17H15F3N4O5S. The van der Waals surface area contributed by atoms with E-state index in [1.165, 1.54) is 24.3 Å². The van der Waals surface area contributed by atoms with Crippen molar-refractivity contribution >= 4 is 33.5 Å². The van der Waals surface area contributed by atoms with Crippen molar-refractivity contribution in [1.82, 2.24) is 5.43 Å². The van der Waals surface area contributed by atoms with E-state index in [1.807, 2.05) is 5.43 Å². The third-order valence-electron chi connectivity index (χ3n) is 3.63. The molecule has 1 amide bonds. The molecule has 0 aliphatic heterocycles. The van der Waals surface area contributed by atoms with Crippen LogP contribution in [0.4, 0.5) is 24.5 Å². The van der Waals surface area contributed by atoms with Gasteiger partial charge in [-0.3, -0.25) is 19.2 Å². The van der Waals surface area contributed by atoms with Gasteiger partial charge < -0.3 is 0 Å². The maximum Gasteiger partial charge on any atom is 0.416 e. The van der Waals surface area contributed by atoms with Crippen LogP contribution in [0.1, 0.15) is 11.1 Å². The molecule has 1 N–H and O–H groups in total. The molecule has 0 saturated carbocycles. The normalized spacial score (nSPS) is 12.0. The predicted molar refractivity (Wildman–Crippen MR) is 102 cm³/mol. The van der Waals surface area contributed by atoms with Crippen molar-refractivity contribution < 1.29 is 31.3 Å². The molecule has 0 aromatic heterocycles. The summed E-state index contributed by atoms with van der Waals surface area (Å²) in [7, 11) is -4.09. The van der Waals surface area contributed by atoms with Gasteiger partial charge in [0.05, 0.1) is 28.6 Å². The summed E-state index contributed by atoms with van der Waals surface area (Å²) in [5.74, 6) is -0.931. The van der Waals surface area contributed by atoms with E-state index in [9.17, 15) is 36.5 Å². The van der Waals surface area contributed by atoms with Crippen LogP contribution in [0.3, 0.4) is 0 Å². The number of hydrogen-bond acceptors (Lipinski definition) is 6. The van der Waals surface area contributed by atoms with Crippen LogP contribution in [0.2, 0.25) is 0 Å². The van der Waals surface area contributed by atoms with E-state index >= 15 is 0 Å². The minimum atomic E-state index is -4.69. The number of nitrogens with one attached hydrogen (secondary N) is 1. The number of alkyl halides is 3. The van der Waals surface area contributed by atoms with Gasteiger partial charge in [0, 0.05) is 17.7 Å². The summed E-state index contributed by atoms with van der Waals surface area (Å²) in [6.07, 6.45) is -2.85. The maximum absolute atomic E-state index is 12.9. The molecule has 30 heavy (non-hydrogen) atoms. The summed E-state index contributed by atoms with van der Waals surface area (Å²) < 4.78 is 63.1. The molecule has 9 nitrogen and oxygen atoms in total. The molecule has 160 valence electrons. The summed E-state index contributed by atoms with van der Waals surface area (Å²) >= 11 is 0. The van der Waals surface area contributed by atoms with Crippen LogP contribution in [0.5, 0.6) is 0 Å². The summed E-state index contributed by atoms with van der Waals surface area (Å²) in [6, 6.07) is 8.86. The lowest BCUT2D eigenvalue weighted by Gasteiger charge is -2.22. The number of non-ortho nitro benzene ring substituents is 1. The van der Waals surface area contributed by atoms with Crippen molar-refractivity contribution in [2.45, 2.75) is 6.18 Å². The number of carbonyl (C=O) groups is 1. The monoisotopic (exact) mass is 444 g/mol. The van der Waals surface area contributed by atoms with Gasteiger partial charge in [-0.15, -0.1) is 0 Å². The minimum absolute atomic E-state index is 0.196. The highest BCUT2D eigenvalue weighted by Crippen LogP contribution is 2.32. The number of nitro benzene ring substituents is 1. The third-order valence-corrected chi connectivity index (χ3v) is 4.77. The SMILES string of the molecule is CS(=O)(=O)N(CC(=O)N/N=C\c1cccc([N+](=O)[O-])c1)c1cccc(C(F)(F)F)c1. The van der Waals surface area contributed by atoms with E-state index < -0.39 is 39.1 Å². The molecule has 13 heteroatoms. The predicted octanol–water partition coefficient (Wildman–Crippen LogP) is 2.53. The number of benzene rings is 2. The Hall–Kier alpha value is -3.48. The zero-order valence-electron chi connectivity index (χ0n) is 15.3. The first-order chi connectivity index (χ1) is 13.9. The number of halogens is 3. The van der Waals surface area contributed by atoms with Crippen LogP contribution in [-0.2, 0) is 21.0 Å². The minimum Gasteiger partial charge on any atom is -0.271 e. The van der Waals surface area contributed by atoms with Crippen molar-refractivity contribution in [3.63, 3.8) is 0 Å². The number of rotatable bonds is 7. The van der Waals surface area contributed by atoms with Crippen molar-refractivity contribution in [1.29, 1.82) is 0 Å². The Labute approximate surface area is 169 Å². The van der Waals surface area contributed by atoms with Crippen molar-refractivity contribution in [2.24, 2.45) is 5.10 Å². The van der Waals surface area contributed by atoms with Gasteiger partial charge in [0.25, 0.3) is 11.6 Å². The lowest BCUT2D eigenvalue weighted by Crippen LogP contribution is -2.39.